The van der Waals surface area contributed by atoms with Crippen molar-refractivity contribution in [2.45, 2.75) is 51.2 Å². The maximum atomic E-state index is 5.38. The SMILES string of the molecule is CC(CC1CCCN1)NC(C)CN1CCOCC1. The number of morpholine rings is 1. The summed E-state index contributed by atoms with van der Waals surface area (Å²) >= 11 is 0. The van der Waals surface area contributed by atoms with Gasteiger partial charge in [0.1, 0.15) is 0 Å². The summed E-state index contributed by atoms with van der Waals surface area (Å²) in [7, 11) is 0. The van der Waals surface area contributed by atoms with E-state index in [9.17, 15) is 0 Å². The summed E-state index contributed by atoms with van der Waals surface area (Å²) in [6, 6.07) is 1.92. The summed E-state index contributed by atoms with van der Waals surface area (Å²) < 4.78 is 5.38. The van der Waals surface area contributed by atoms with Gasteiger partial charge < -0.3 is 15.4 Å². The topological polar surface area (TPSA) is 36.5 Å². The van der Waals surface area contributed by atoms with Crippen molar-refractivity contribution in [3.8, 4) is 0 Å². The van der Waals surface area contributed by atoms with E-state index >= 15 is 0 Å². The Bertz CT molecular complexity index is 225. The molecule has 0 amide bonds. The molecule has 0 aromatic rings. The Labute approximate surface area is 111 Å². The molecule has 2 aliphatic rings. The summed E-state index contributed by atoms with van der Waals surface area (Å²) in [6.45, 7) is 10.9. The predicted octanol–water partition coefficient (Wildman–Crippen LogP) is 0.827. The first-order valence-electron chi connectivity index (χ1n) is 7.53. The monoisotopic (exact) mass is 255 g/mol. The third-order valence-electron chi connectivity index (χ3n) is 4.01. The van der Waals surface area contributed by atoms with Gasteiger partial charge in [0.05, 0.1) is 13.2 Å². The highest BCUT2D eigenvalue weighted by Gasteiger charge is 2.19. The summed E-state index contributed by atoms with van der Waals surface area (Å²) in [5, 5.41) is 7.31. The maximum absolute atomic E-state index is 5.38. The Morgan fingerprint density at radius 3 is 2.72 bits per heavy atom. The van der Waals surface area contributed by atoms with E-state index in [-0.39, 0.29) is 0 Å². The lowest BCUT2D eigenvalue weighted by molar-refractivity contribution is 0.0338. The Balaban J connectivity index is 1.61. The lowest BCUT2D eigenvalue weighted by atomic mass is 10.1. The second kappa shape index (κ2) is 7.43. The van der Waals surface area contributed by atoms with Crippen LogP contribution < -0.4 is 10.6 Å². The molecule has 3 atom stereocenters. The fraction of sp³-hybridized carbons (Fsp3) is 1.00. The molecule has 4 nitrogen and oxygen atoms in total. The molecule has 2 fully saturated rings. The zero-order valence-corrected chi connectivity index (χ0v) is 12.0. The van der Waals surface area contributed by atoms with Gasteiger partial charge in [0.2, 0.25) is 0 Å². The van der Waals surface area contributed by atoms with Crippen molar-refractivity contribution in [1.82, 2.24) is 15.5 Å². The van der Waals surface area contributed by atoms with E-state index in [0.717, 1.165) is 38.9 Å². The van der Waals surface area contributed by atoms with Crippen molar-refractivity contribution < 1.29 is 4.74 Å². The molecule has 2 heterocycles. The number of ether oxygens (including phenoxy) is 1. The average Bonchev–Trinajstić information content (AvgIpc) is 2.82. The van der Waals surface area contributed by atoms with E-state index in [4.69, 9.17) is 4.74 Å². The first-order chi connectivity index (χ1) is 8.74. The third-order valence-corrected chi connectivity index (χ3v) is 4.01. The van der Waals surface area contributed by atoms with Crippen LogP contribution in [0, 0.1) is 0 Å². The van der Waals surface area contributed by atoms with Crippen LogP contribution in [0.2, 0.25) is 0 Å². The maximum Gasteiger partial charge on any atom is 0.0594 e. The second-order valence-electron chi connectivity index (χ2n) is 5.91. The molecule has 0 radical (unpaired) electrons. The third kappa shape index (κ3) is 4.84. The normalized spacial score (nSPS) is 29.3. The van der Waals surface area contributed by atoms with Crippen molar-refractivity contribution >= 4 is 0 Å². The lowest BCUT2D eigenvalue weighted by Gasteiger charge is -2.31. The van der Waals surface area contributed by atoms with Crippen molar-refractivity contribution in [2.24, 2.45) is 0 Å². The molecule has 4 heteroatoms. The van der Waals surface area contributed by atoms with Crippen LogP contribution in [0.4, 0.5) is 0 Å². The van der Waals surface area contributed by atoms with Gasteiger partial charge in [-0.3, -0.25) is 4.90 Å². The highest BCUT2D eigenvalue weighted by atomic mass is 16.5. The van der Waals surface area contributed by atoms with Gasteiger partial charge in [-0.05, 0) is 39.7 Å². The predicted molar refractivity (Wildman–Crippen MR) is 75.0 cm³/mol. The fourth-order valence-corrected chi connectivity index (χ4v) is 3.16. The number of nitrogens with one attached hydrogen (secondary N) is 2. The minimum absolute atomic E-state index is 0.569. The highest BCUT2D eigenvalue weighted by Crippen LogP contribution is 2.11. The molecule has 18 heavy (non-hydrogen) atoms. The summed E-state index contributed by atoms with van der Waals surface area (Å²) in [4.78, 5) is 2.50. The zero-order valence-electron chi connectivity index (χ0n) is 12.0. The molecule has 0 spiro atoms. The van der Waals surface area contributed by atoms with E-state index in [1.54, 1.807) is 0 Å². The minimum Gasteiger partial charge on any atom is -0.379 e. The van der Waals surface area contributed by atoms with E-state index in [1.807, 2.05) is 0 Å². The molecular formula is C14H29N3O. The average molecular weight is 255 g/mol. The first kappa shape index (κ1) is 14.3. The molecule has 2 saturated heterocycles. The standard InChI is InChI=1S/C14H29N3O/c1-12(10-14-4-3-5-15-14)16-13(2)11-17-6-8-18-9-7-17/h12-16H,3-11H2,1-2H3. The molecule has 0 aromatic carbocycles. The molecule has 0 saturated carbocycles. The lowest BCUT2D eigenvalue weighted by Crippen LogP contribution is -2.47. The quantitative estimate of drug-likeness (QED) is 0.737. The summed E-state index contributed by atoms with van der Waals surface area (Å²) in [6.07, 6.45) is 3.96. The van der Waals surface area contributed by atoms with Gasteiger partial charge in [-0.15, -0.1) is 0 Å². The van der Waals surface area contributed by atoms with Gasteiger partial charge in [0, 0.05) is 37.8 Å². The Morgan fingerprint density at radius 2 is 2.06 bits per heavy atom. The van der Waals surface area contributed by atoms with Crippen molar-refractivity contribution in [2.75, 3.05) is 39.4 Å². The molecule has 0 bridgehead atoms. The van der Waals surface area contributed by atoms with Gasteiger partial charge in [-0.2, -0.15) is 0 Å². The van der Waals surface area contributed by atoms with Gasteiger partial charge in [-0.1, -0.05) is 0 Å². The Hall–Kier alpha value is -0.160. The van der Waals surface area contributed by atoms with E-state index in [0.29, 0.717) is 12.1 Å². The van der Waals surface area contributed by atoms with Gasteiger partial charge in [0.15, 0.2) is 0 Å². The molecule has 0 aromatic heterocycles. The molecule has 2 rings (SSSR count). The molecule has 2 N–H and O–H groups in total. The summed E-state index contributed by atoms with van der Waals surface area (Å²) in [5.41, 5.74) is 0. The fourth-order valence-electron chi connectivity index (χ4n) is 3.16. The molecule has 0 aliphatic carbocycles. The molecule has 106 valence electrons. The van der Waals surface area contributed by atoms with Gasteiger partial charge in [-0.25, -0.2) is 0 Å². The number of rotatable bonds is 6. The van der Waals surface area contributed by atoms with Gasteiger partial charge in [0.25, 0.3) is 0 Å². The largest absolute Gasteiger partial charge is 0.379 e. The van der Waals surface area contributed by atoms with Crippen LogP contribution in [0.15, 0.2) is 0 Å². The Morgan fingerprint density at radius 1 is 1.28 bits per heavy atom. The second-order valence-corrected chi connectivity index (χ2v) is 5.91. The van der Waals surface area contributed by atoms with Crippen LogP contribution in [0.5, 0.6) is 0 Å². The van der Waals surface area contributed by atoms with Crippen LogP contribution in [-0.4, -0.2) is 62.4 Å². The van der Waals surface area contributed by atoms with E-state index < -0.39 is 0 Å². The van der Waals surface area contributed by atoms with Crippen LogP contribution in [-0.2, 0) is 4.74 Å². The van der Waals surface area contributed by atoms with Crippen molar-refractivity contribution in [3.05, 3.63) is 0 Å². The van der Waals surface area contributed by atoms with E-state index in [1.165, 1.54) is 25.8 Å². The van der Waals surface area contributed by atoms with Gasteiger partial charge >= 0.3 is 0 Å². The zero-order chi connectivity index (χ0) is 12.8. The first-order valence-corrected chi connectivity index (χ1v) is 7.53. The molecule has 2 aliphatic heterocycles. The number of hydrogen-bond donors (Lipinski definition) is 2. The smallest absolute Gasteiger partial charge is 0.0594 e. The van der Waals surface area contributed by atoms with E-state index in [2.05, 4.69) is 29.4 Å². The number of nitrogens with zero attached hydrogens (tertiary/aromatic N) is 1. The van der Waals surface area contributed by atoms with Crippen molar-refractivity contribution in [3.63, 3.8) is 0 Å². The summed E-state index contributed by atoms with van der Waals surface area (Å²) in [5.74, 6) is 0. The molecule has 3 unspecified atom stereocenters. The van der Waals surface area contributed by atoms with Crippen LogP contribution >= 0.6 is 0 Å². The minimum atomic E-state index is 0.569. The number of hydrogen-bond acceptors (Lipinski definition) is 4. The van der Waals surface area contributed by atoms with Crippen LogP contribution in [0.25, 0.3) is 0 Å². The highest BCUT2D eigenvalue weighted by molar-refractivity contribution is 4.80. The van der Waals surface area contributed by atoms with Crippen LogP contribution in [0.1, 0.15) is 33.1 Å². The van der Waals surface area contributed by atoms with Crippen LogP contribution in [0.3, 0.4) is 0 Å². The van der Waals surface area contributed by atoms with Crippen molar-refractivity contribution in [1.29, 1.82) is 0 Å². The molecular weight excluding hydrogens is 226 g/mol. The Kier molecular flexibility index (Phi) is 5.89.